The van der Waals surface area contributed by atoms with Gasteiger partial charge in [-0.25, -0.2) is 0 Å². The van der Waals surface area contributed by atoms with Crippen molar-refractivity contribution in [3.63, 3.8) is 0 Å². The number of allylic oxidation sites excluding steroid dienone is 3. The van der Waals surface area contributed by atoms with E-state index in [0.717, 1.165) is 0 Å². The van der Waals surface area contributed by atoms with Gasteiger partial charge in [0.25, 0.3) is 0 Å². The summed E-state index contributed by atoms with van der Waals surface area (Å²) < 4.78 is 0. The zero-order valence-electron chi connectivity index (χ0n) is 8.33. The monoisotopic (exact) mass is 172 g/mol. The lowest BCUT2D eigenvalue weighted by atomic mass is 9.82. The van der Waals surface area contributed by atoms with E-state index in [1.165, 1.54) is 5.56 Å². The summed E-state index contributed by atoms with van der Waals surface area (Å²) in [6.45, 7) is 8.07. The second-order valence-electron chi connectivity index (χ2n) is 3.35. The molecule has 68 valence electrons. The first-order chi connectivity index (χ1) is 6.23. The molecule has 0 saturated heterocycles. The van der Waals surface area contributed by atoms with Gasteiger partial charge in [0.15, 0.2) is 0 Å². The van der Waals surface area contributed by atoms with Crippen LogP contribution in [0.2, 0.25) is 0 Å². The molecule has 0 aromatic heterocycles. The van der Waals surface area contributed by atoms with Gasteiger partial charge >= 0.3 is 0 Å². The quantitative estimate of drug-likeness (QED) is 0.610. The smallest absolute Gasteiger partial charge is 0.0281 e. The molecule has 0 heteroatoms. The minimum absolute atomic E-state index is 0.0317. The molecule has 0 heterocycles. The highest BCUT2D eigenvalue weighted by atomic mass is 14.2. The third-order valence-electron chi connectivity index (χ3n) is 2.33. The maximum atomic E-state index is 3.88. The molecule has 0 N–H and O–H groups in total. The fourth-order valence-corrected chi connectivity index (χ4v) is 1.43. The molecule has 0 radical (unpaired) electrons. The topological polar surface area (TPSA) is 0 Å². The Morgan fingerprint density at radius 2 is 1.85 bits per heavy atom. The normalized spacial score (nSPS) is 15.5. The van der Waals surface area contributed by atoms with Gasteiger partial charge in [0.05, 0.1) is 0 Å². The average Bonchev–Trinajstić information content (AvgIpc) is 2.19. The molecule has 0 aliphatic carbocycles. The molecule has 0 bridgehead atoms. The molecule has 1 atom stereocenters. The van der Waals surface area contributed by atoms with Crippen LogP contribution in [-0.2, 0) is 5.41 Å². The maximum Gasteiger partial charge on any atom is 0.0281 e. The van der Waals surface area contributed by atoms with Crippen LogP contribution in [0.4, 0.5) is 0 Å². The predicted octanol–water partition coefficient (Wildman–Crippen LogP) is 3.71. The molecule has 0 aliphatic rings. The first-order valence-electron chi connectivity index (χ1n) is 4.56. The first-order valence-corrected chi connectivity index (χ1v) is 4.56. The number of hydrogen-bond acceptors (Lipinski definition) is 0. The summed E-state index contributed by atoms with van der Waals surface area (Å²) in [6, 6.07) is 10.4. The van der Waals surface area contributed by atoms with Crippen LogP contribution in [-0.4, -0.2) is 0 Å². The van der Waals surface area contributed by atoms with E-state index in [1.807, 2.05) is 19.1 Å². The molecule has 0 saturated carbocycles. The first kappa shape index (κ1) is 9.79. The lowest BCUT2D eigenvalue weighted by molar-refractivity contribution is 0.758. The van der Waals surface area contributed by atoms with Gasteiger partial charge in [0.2, 0.25) is 0 Å². The van der Waals surface area contributed by atoms with E-state index in [9.17, 15) is 0 Å². The Morgan fingerprint density at radius 1 is 1.23 bits per heavy atom. The molecule has 1 rings (SSSR count). The van der Waals surface area contributed by atoms with Gasteiger partial charge in [-0.3, -0.25) is 0 Å². The van der Waals surface area contributed by atoms with Gasteiger partial charge in [-0.1, -0.05) is 48.6 Å². The van der Waals surface area contributed by atoms with Crippen molar-refractivity contribution in [1.82, 2.24) is 0 Å². The standard InChI is InChI=1S/C13H16/c1-4-11-13(3,5-2)12-9-7-6-8-10-12/h4-11H,2H2,1,3H3/b11-4-. The van der Waals surface area contributed by atoms with Crippen molar-refractivity contribution in [3.05, 3.63) is 60.7 Å². The van der Waals surface area contributed by atoms with Crippen LogP contribution >= 0.6 is 0 Å². The number of hydrogen-bond donors (Lipinski definition) is 0. The second kappa shape index (κ2) is 4.08. The minimum atomic E-state index is -0.0317. The summed E-state index contributed by atoms with van der Waals surface area (Å²) in [6.07, 6.45) is 6.20. The zero-order valence-corrected chi connectivity index (χ0v) is 8.33. The second-order valence-corrected chi connectivity index (χ2v) is 3.35. The van der Waals surface area contributed by atoms with Crippen LogP contribution in [0.3, 0.4) is 0 Å². The van der Waals surface area contributed by atoms with Crippen molar-refractivity contribution < 1.29 is 0 Å². The van der Waals surface area contributed by atoms with E-state index in [-0.39, 0.29) is 5.41 Å². The highest BCUT2D eigenvalue weighted by molar-refractivity contribution is 5.34. The fraction of sp³-hybridized carbons (Fsp3) is 0.231. The fourth-order valence-electron chi connectivity index (χ4n) is 1.43. The molecule has 0 nitrogen and oxygen atoms in total. The molecular formula is C13H16. The molecule has 0 amide bonds. The maximum absolute atomic E-state index is 3.88. The van der Waals surface area contributed by atoms with Gasteiger partial charge in [-0.15, -0.1) is 6.58 Å². The van der Waals surface area contributed by atoms with E-state index in [0.29, 0.717) is 0 Å². The van der Waals surface area contributed by atoms with Crippen molar-refractivity contribution in [2.75, 3.05) is 0 Å². The molecule has 13 heavy (non-hydrogen) atoms. The Labute approximate surface area is 80.6 Å². The Bertz CT molecular complexity index is 295. The summed E-state index contributed by atoms with van der Waals surface area (Å²) in [5, 5.41) is 0. The van der Waals surface area contributed by atoms with Gasteiger partial charge in [0.1, 0.15) is 0 Å². The largest absolute Gasteiger partial charge is 0.102 e. The molecule has 1 aromatic carbocycles. The van der Waals surface area contributed by atoms with Crippen molar-refractivity contribution in [2.45, 2.75) is 19.3 Å². The van der Waals surface area contributed by atoms with Crippen LogP contribution in [0.25, 0.3) is 0 Å². The van der Waals surface area contributed by atoms with Crippen molar-refractivity contribution in [1.29, 1.82) is 0 Å². The number of benzene rings is 1. The van der Waals surface area contributed by atoms with E-state index >= 15 is 0 Å². The summed E-state index contributed by atoms with van der Waals surface area (Å²) >= 11 is 0. The van der Waals surface area contributed by atoms with E-state index in [2.05, 4.69) is 49.9 Å². The van der Waals surface area contributed by atoms with Gasteiger partial charge in [-0.2, -0.15) is 0 Å². The summed E-state index contributed by atoms with van der Waals surface area (Å²) in [7, 11) is 0. The minimum Gasteiger partial charge on any atom is -0.102 e. The third-order valence-corrected chi connectivity index (χ3v) is 2.33. The molecule has 0 fully saturated rings. The summed E-state index contributed by atoms with van der Waals surface area (Å²) in [4.78, 5) is 0. The average molecular weight is 172 g/mol. The highest BCUT2D eigenvalue weighted by Gasteiger charge is 2.17. The van der Waals surface area contributed by atoms with E-state index in [1.54, 1.807) is 0 Å². The SMILES string of the molecule is C=CC(C)(/C=C\C)c1ccccc1. The summed E-state index contributed by atoms with van der Waals surface area (Å²) in [5.41, 5.74) is 1.25. The highest BCUT2D eigenvalue weighted by Crippen LogP contribution is 2.26. The van der Waals surface area contributed by atoms with Crippen LogP contribution in [0.15, 0.2) is 55.1 Å². The van der Waals surface area contributed by atoms with Crippen molar-refractivity contribution in [3.8, 4) is 0 Å². The molecule has 1 unspecified atom stereocenters. The number of rotatable bonds is 3. The zero-order chi connectivity index (χ0) is 9.73. The molecule has 0 spiro atoms. The van der Waals surface area contributed by atoms with Crippen molar-refractivity contribution in [2.24, 2.45) is 0 Å². The molecular weight excluding hydrogens is 156 g/mol. The lowest BCUT2D eigenvalue weighted by Crippen LogP contribution is -2.14. The van der Waals surface area contributed by atoms with E-state index < -0.39 is 0 Å². The van der Waals surface area contributed by atoms with Crippen molar-refractivity contribution >= 4 is 0 Å². The van der Waals surface area contributed by atoms with E-state index in [4.69, 9.17) is 0 Å². The summed E-state index contributed by atoms with van der Waals surface area (Å²) in [5.74, 6) is 0. The van der Waals surface area contributed by atoms with Crippen LogP contribution < -0.4 is 0 Å². The Balaban J connectivity index is 3.10. The van der Waals surface area contributed by atoms with Crippen LogP contribution in [0.5, 0.6) is 0 Å². The Hall–Kier alpha value is -1.30. The van der Waals surface area contributed by atoms with Gasteiger partial charge in [-0.05, 0) is 19.4 Å². The molecule has 1 aromatic rings. The van der Waals surface area contributed by atoms with Crippen LogP contribution in [0, 0.1) is 0 Å². The Morgan fingerprint density at radius 3 is 2.31 bits per heavy atom. The predicted molar refractivity (Wildman–Crippen MR) is 58.8 cm³/mol. The third kappa shape index (κ3) is 2.09. The molecule has 0 aliphatic heterocycles. The van der Waals surface area contributed by atoms with Gasteiger partial charge < -0.3 is 0 Å². The lowest BCUT2D eigenvalue weighted by Gasteiger charge is -2.21. The van der Waals surface area contributed by atoms with Crippen LogP contribution in [0.1, 0.15) is 19.4 Å². The van der Waals surface area contributed by atoms with Gasteiger partial charge in [0, 0.05) is 5.41 Å². The Kier molecular flexibility index (Phi) is 3.07.